The van der Waals surface area contributed by atoms with Crippen molar-refractivity contribution in [3.05, 3.63) is 54.1 Å². The van der Waals surface area contributed by atoms with Crippen LogP contribution < -0.4 is 10.6 Å². The fourth-order valence-electron chi connectivity index (χ4n) is 2.47. The summed E-state index contributed by atoms with van der Waals surface area (Å²) in [7, 11) is 0. The molecule has 0 radical (unpaired) electrons. The number of thioether (sulfide) groups is 1. The monoisotopic (exact) mass is 444 g/mol. The van der Waals surface area contributed by atoms with Crippen LogP contribution in [0.25, 0.3) is 0 Å². The van der Waals surface area contributed by atoms with Gasteiger partial charge in [-0.2, -0.15) is 0 Å². The van der Waals surface area contributed by atoms with E-state index in [0.29, 0.717) is 23.5 Å². The van der Waals surface area contributed by atoms with E-state index in [9.17, 15) is 19.2 Å². The number of carbonyl (C=O) groups excluding carboxylic acids is 3. The Morgan fingerprint density at radius 3 is 2.10 bits per heavy atom. The minimum atomic E-state index is -1.02. The normalized spacial score (nSPS) is 11.3. The standard InChI is InChI=1S/C22H24N2O6S/c1-3-30-22(29)15-4-6-17(7-5-15)24-21(28)14(2)31-18-10-8-16(9-11-18)23-19(25)12-13-20(26)27/h4-11,14H,3,12-13H2,1-2H3,(H,23,25)(H,24,28)(H,26,27). The molecule has 0 aliphatic carbocycles. The van der Waals surface area contributed by atoms with Gasteiger partial charge in [0.05, 0.1) is 23.8 Å². The second-order valence-electron chi connectivity index (χ2n) is 6.51. The van der Waals surface area contributed by atoms with Gasteiger partial charge < -0.3 is 20.5 Å². The molecule has 0 spiro atoms. The van der Waals surface area contributed by atoms with Crippen LogP contribution in [0.1, 0.15) is 37.0 Å². The summed E-state index contributed by atoms with van der Waals surface area (Å²) in [5.41, 5.74) is 1.54. The maximum atomic E-state index is 12.4. The molecule has 2 rings (SSSR count). The predicted octanol–water partition coefficient (Wildman–Crippen LogP) is 3.79. The number of esters is 1. The highest BCUT2D eigenvalue weighted by Gasteiger charge is 2.15. The molecule has 8 nitrogen and oxygen atoms in total. The molecule has 0 aliphatic rings. The van der Waals surface area contributed by atoms with Crippen molar-refractivity contribution in [1.29, 1.82) is 0 Å². The zero-order valence-electron chi connectivity index (χ0n) is 17.2. The minimum Gasteiger partial charge on any atom is -0.481 e. The van der Waals surface area contributed by atoms with E-state index >= 15 is 0 Å². The summed E-state index contributed by atoms with van der Waals surface area (Å²) in [5, 5.41) is 13.7. The lowest BCUT2D eigenvalue weighted by Crippen LogP contribution is -2.22. The first-order valence-corrected chi connectivity index (χ1v) is 10.5. The first-order valence-electron chi connectivity index (χ1n) is 9.65. The fraction of sp³-hybridized carbons (Fsp3) is 0.273. The molecular formula is C22H24N2O6S. The van der Waals surface area contributed by atoms with E-state index in [-0.39, 0.29) is 29.9 Å². The molecule has 3 N–H and O–H groups in total. The lowest BCUT2D eigenvalue weighted by molar-refractivity contribution is -0.138. The van der Waals surface area contributed by atoms with Gasteiger partial charge in [-0.3, -0.25) is 14.4 Å². The molecule has 0 aromatic heterocycles. The number of amides is 2. The number of hydrogen-bond acceptors (Lipinski definition) is 6. The van der Waals surface area contributed by atoms with E-state index in [0.717, 1.165) is 4.90 Å². The predicted molar refractivity (Wildman–Crippen MR) is 118 cm³/mol. The summed E-state index contributed by atoms with van der Waals surface area (Å²) in [5.74, 6) is -2.00. The van der Waals surface area contributed by atoms with Crippen molar-refractivity contribution in [2.75, 3.05) is 17.2 Å². The van der Waals surface area contributed by atoms with Gasteiger partial charge >= 0.3 is 11.9 Å². The summed E-state index contributed by atoms with van der Waals surface area (Å²) in [6.45, 7) is 3.80. The number of benzene rings is 2. The Kier molecular flexibility index (Phi) is 9.08. The van der Waals surface area contributed by atoms with Gasteiger partial charge in [-0.1, -0.05) is 0 Å². The second-order valence-corrected chi connectivity index (χ2v) is 7.93. The number of hydrogen-bond donors (Lipinski definition) is 3. The van der Waals surface area contributed by atoms with Crippen LogP contribution in [0.4, 0.5) is 11.4 Å². The van der Waals surface area contributed by atoms with E-state index in [4.69, 9.17) is 9.84 Å². The lowest BCUT2D eigenvalue weighted by atomic mass is 10.2. The summed E-state index contributed by atoms with van der Waals surface area (Å²) in [4.78, 5) is 47.1. The number of ether oxygens (including phenoxy) is 1. The van der Waals surface area contributed by atoms with Gasteiger partial charge in [0.1, 0.15) is 0 Å². The zero-order chi connectivity index (χ0) is 22.8. The van der Waals surface area contributed by atoms with E-state index in [1.807, 2.05) is 0 Å². The molecule has 31 heavy (non-hydrogen) atoms. The van der Waals surface area contributed by atoms with Crippen molar-refractivity contribution in [3.63, 3.8) is 0 Å². The summed E-state index contributed by atoms with van der Waals surface area (Å²) in [6.07, 6.45) is -0.318. The number of carboxylic acids is 1. The smallest absolute Gasteiger partial charge is 0.338 e. The average molecular weight is 445 g/mol. The Morgan fingerprint density at radius 2 is 1.52 bits per heavy atom. The van der Waals surface area contributed by atoms with Gasteiger partial charge in [0, 0.05) is 22.7 Å². The summed E-state index contributed by atoms with van der Waals surface area (Å²) < 4.78 is 4.93. The first-order chi connectivity index (χ1) is 14.8. The number of rotatable bonds is 10. The largest absolute Gasteiger partial charge is 0.481 e. The van der Waals surface area contributed by atoms with Crippen LogP contribution in [0.5, 0.6) is 0 Å². The van der Waals surface area contributed by atoms with Gasteiger partial charge in [-0.05, 0) is 62.4 Å². The van der Waals surface area contributed by atoms with Crippen LogP contribution in [-0.4, -0.2) is 40.7 Å². The topological polar surface area (TPSA) is 122 Å². The van der Waals surface area contributed by atoms with Crippen LogP contribution in [0, 0.1) is 0 Å². The van der Waals surface area contributed by atoms with Crippen LogP contribution in [-0.2, 0) is 19.1 Å². The lowest BCUT2D eigenvalue weighted by Gasteiger charge is -2.13. The maximum absolute atomic E-state index is 12.4. The van der Waals surface area contributed by atoms with Crippen LogP contribution in [0.15, 0.2) is 53.4 Å². The molecule has 0 saturated carbocycles. The molecule has 0 saturated heterocycles. The molecule has 2 aromatic rings. The molecule has 9 heteroatoms. The number of aliphatic carboxylic acids is 1. The fourth-order valence-corrected chi connectivity index (χ4v) is 3.33. The SMILES string of the molecule is CCOC(=O)c1ccc(NC(=O)C(C)Sc2ccc(NC(=O)CCC(=O)O)cc2)cc1. The third-order valence-corrected chi connectivity index (χ3v) is 5.16. The van der Waals surface area contributed by atoms with Gasteiger partial charge in [0.15, 0.2) is 0 Å². The van der Waals surface area contributed by atoms with E-state index < -0.39 is 11.9 Å². The summed E-state index contributed by atoms with van der Waals surface area (Å²) >= 11 is 1.35. The van der Waals surface area contributed by atoms with Crippen LogP contribution in [0.3, 0.4) is 0 Å². The Labute approximate surface area is 184 Å². The van der Waals surface area contributed by atoms with Crippen LogP contribution in [0.2, 0.25) is 0 Å². The van der Waals surface area contributed by atoms with Gasteiger partial charge in [0.25, 0.3) is 0 Å². The summed E-state index contributed by atoms with van der Waals surface area (Å²) in [6, 6.07) is 13.4. The van der Waals surface area contributed by atoms with Crippen molar-refractivity contribution in [2.45, 2.75) is 36.8 Å². The van der Waals surface area contributed by atoms with Gasteiger partial charge in [-0.15, -0.1) is 11.8 Å². The number of nitrogens with one attached hydrogen (secondary N) is 2. The number of anilines is 2. The molecule has 0 fully saturated rings. The quantitative estimate of drug-likeness (QED) is 0.376. The van der Waals surface area contributed by atoms with Crippen molar-refractivity contribution >= 4 is 46.9 Å². The molecule has 2 amide bonds. The maximum Gasteiger partial charge on any atom is 0.338 e. The van der Waals surface area contributed by atoms with E-state index in [2.05, 4.69) is 10.6 Å². The highest BCUT2D eigenvalue weighted by Crippen LogP contribution is 2.26. The first kappa shape index (κ1) is 23.9. The molecule has 164 valence electrons. The molecule has 2 aromatic carbocycles. The van der Waals surface area contributed by atoms with Gasteiger partial charge in [0.2, 0.25) is 11.8 Å². The molecule has 0 aliphatic heterocycles. The number of carboxylic acid groups (broad SMARTS) is 1. The Bertz CT molecular complexity index is 928. The number of carbonyl (C=O) groups is 4. The van der Waals surface area contributed by atoms with E-state index in [1.54, 1.807) is 62.4 Å². The molecule has 1 unspecified atom stereocenters. The Balaban J connectivity index is 1.86. The van der Waals surface area contributed by atoms with Crippen molar-refractivity contribution < 1.29 is 29.0 Å². The van der Waals surface area contributed by atoms with Crippen LogP contribution >= 0.6 is 11.8 Å². The third kappa shape index (κ3) is 8.13. The molecular weight excluding hydrogens is 420 g/mol. The molecule has 0 bridgehead atoms. The molecule has 0 heterocycles. The van der Waals surface area contributed by atoms with Crippen molar-refractivity contribution in [3.8, 4) is 0 Å². The second kappa shape index (κ2) is 11.8. The average Bonchev–Trinajstić information content (AvgIpc) is 2.74. The minimum absolute atomic E-state index is 0.0934. The Morgan fingerprint density at radius 1 is 0.935 bits per heavy atom. The Hall–Kier alpha value is -3.33. The highest BCUT2D eigenvalue weighted by atomic mass is 32.2. The van der Waals surface area contributed by atoms with Crippen molar-refractivity contribution in [2.24, 2.45) is 0 Å². The van der Waals surface area contributed by atoms with Gasteiger partial charge in [-0.25, -0.2) is 4.79 Å². The van der Waals surface area contributed by atoms with E-state index in [1.165, 1.54) is 11.8 Å². The van der Waals surface area contributed by atoms with Crippen molar-refractivity contribution in [1.82, 2.24) is 0 Å². The zero-order valence-corrected chi connectivity index (χ0v) is 18.0. The third-order valence-electron chi connectivity index (χ3n) is 4.05. The molecule has 1 atom stereocenters. The highest BCUT2D eigenvalue weighted by molar-refractivity contribution is 8.00.